The Morgan fingerprint density at radius 3 is 2.47 bits per heavy atom. The SMILES string of the molecule is Cc1cc(F)c(Br)cc1-c1c(C)cccc1Cl. The molecule has 0 atom stereocenters. The van der Waals surface area contributed by atoms with E-state index in [9.17, 15) is 4.39 Å². The minimum Gasteiger partial charge on any atom is -0.206 e. The van der Waals surface area contributed by atoms with Crippen molar-refractivity contribution in [1.29, 1.82) is 0 Å². The first-order valence-electron chi connectivity index (χ1n) is 5.22. The summed E-state index contributed by atoms with van der Waals surface area (Å²) in [6.07, 6.45) is 0. The van der Waals surface area contributed by atoms with Crippen LogP contribution >= 0.6 is 27.5 Å². The number of rotatable bonds is 1. The molecule has 0 aliphatic carbocycles. The van der Waals surface area contributed by atoms with Gasteiger partial charge in [0.15, 0.2) is 0 Å². The highest BCUT2D eigenvalue weighted by Crippen LogP contribution is 2.35. The topological polar surface area (TPSA) is 0 Å². The highest BCUT2D eigenvalue weighted by molar-refractivity contribution is 9.10. The minimum atomic E-state index is -0.254. The van der Waals surface area contributed by atoms with Crippen molar-refractivity contribution >= 4 is 27.5 Å². The van der Waals surface area contributed by atoms with Crippen LogP contribution in [-0.2, 0) is 0 Å². The molecule has 0 nitrogen and oxygen atoms in total. The minimum absolute atomic E-state index is 0.254. The van der Waals surface area contributed by atoms with Crippen molar-refractivity contribution < 1.29 is 4.39 Å². The molecule has 2 rings (SSSR count). The van der Waals surface area contributed by atoms with Gasteiger partial charge in [0.2, 0.25) is 0 Å². The fraction of sp³-hybridized carbons (Fsp3) is 0.143. The van der Waals surface area contributed by atoms with E-state index in [1.807, 2.05) is 32.0 Å². The predicted octanol–water partition coefficient (Wildman–Crippen LogP) is 5.53. The maximum absolute atomic E-state index is 13.4. The monoisotopic (exact) mass is 312 g/mol. The molecule has 17 heavy (non-hydrogen) atoms. The summed E-state index contributed by atoms with van der Waals surface area (Å²) >= 11 is 9.43. The maximum atomic E-state index is 13.4. The fourth-order valence-electron chi connectivity index (χ4n) is 1.89. The van der Waals surface area contributed by atoms with Gasteiger partial charge in [-0.05, 0) is 64.7 Å². The molecule has 0 unspecified atom stereocenters. The third kappa shape index (κ3) is 2.38. The lowest BCUT2D eigenvalue weighted by Crippen LogP contribution is -1.90. The normalized spacial score (nSPS) is 10.6. The van der Waals surface area contributed by atoms with Crippen LogP contribution in [0.25, 0.3) is 11.1 Å². The van der Waals surface area contributed by atoms with E-state index in [-0.39, 0.29) is 5.82 Å². The van der Waals surface area contributed by atoms with E-state index < -0.39 is 0 Å². The van der Waals surface area contributed by atoms with Crippen molar-refractivity contribution in [2.75, 3.05) is 0 Å². The maximum Gasteiger partial charge on any atom is 0.137 e. The lowest BCUT2D eigenvalue weighted by molar-refractivity contribution is 0.620. The van der Waals surface area contributed by atoms with Crippen LogP contribution in [0.4, 0.5) is 4.39 Å². The Morgan fingerprint density at radius 2 is 1.82 bits per heavy atom. The van der Waals surface area contributed by atoms with Crippen molar-refractivity contribution in [3.05, 3.63) is 56.8 Å². The Morgan fingerprint density at radius 1 is 1.12 bits per heavy atom. The summed E-state index contributed by atoms with van der Waals surface area (Å²) in [5, 5.41) is 0.687. The number of halogens is 3. The van der Waals surface area contributed by atoms with Crippen LogP contribution in [-0.4, -0.2) is 0 Å². The molecule has 0 aliphatic heterocycles. The summed E-state index contributed by atoms with van der Waals surface area (Å²) in [5.41, 5.74) is 3.88. The molecule has 0 saturated heterocycles. The van der Waals surface area contributed by atoms with Crippen LogP contribution in [0.2, 0.25) is 5.02 Å². The van der Waals surface area contributed by atoms with Crippen molar-refractivity contribution in [1.82, 2.24) is 0 Å². The Hall–Kier alpha value is -0.860. The molecule has 2 aromatic rings. The van der Waals surface area contributed by atoms with E-state index in [1.54, 1.807) is 6.07 Å². The number of aryl methyl sites for hydroxylation is 2. The molecule has 88 valence electrons. The first-order valence-corrected chi connectivity index (χ1v) is 6.39. The number of benzene rings is 2. The summed E-state index contributed by atoms with van der Waals surface area (Å²) in [6.45, 7) is 3.88. The molecule has 0 aliphatic rings. The van der Waals surface area contributed by atoms with Crippen molar-refractivity contribution in [2.45, 2.75) is 13.8 Å². The van der Waals surface area contributed by atoms with Gasteiger partial charge < -0.3 is 0 Å². The van der Waals surface area contributed by atoms with Gasteiger partial charge in [0.1, 0.15) is 5.82 Å². The van der Waals surface area contributed by atoms with Crippen LogP contribution in [0, 0.1) is 19.7 Å². The second-order valence-electron chi connectivity index (χ2n) is 4.01. The second kappa shape index (κ2) is 4.79. The van der Waals surface area contributed by atoms with Crippen LogP contribution in [0.1, 0.15) is 11.1 Å². The number of hydrogen-bond donors (Lipinski definition) is 0. The molecule has 0 spiro atoms. The molecule has 0 radical (unpaired) electrons. The second-order valence-corrected chi connectivity index (χ2v) is 5.27. The Balaban J connectivity index is 2.73. The molecule has 0 heterocycles. The first-order chi connectivity index (χ1) is 8.00. The van der Waals surface area contributed by atoms with Gasteiger partial charge in [0.25, 0.3) is 0 Å². The summed E-state index contributed by atoms with van der Waals surface area (Å²) in [4.78, 5) is 0. The van der Waals surface area contributed by atoms with E-state index in [0.717, 1.165) is 22.3 Å². The molecule has 0 saturated carbocycles. The van der Waals surface area contributed by atoms with Crippen molar-refractivity contribution in [3.63, 3.8) is 0 Å². The lowest BCUT2D eigenvalue weighted by atomic mass is 9.96. The van der Waals surface area contributed by atoms with E-state index in [4.69, 9.17) is 11.6 Å². The molecular formula is C14H11BrClF. The molecule has 0 amide bonds. The van der Waals surface area contributed by atoms with Gasteiger partial charge in [0, 0.05) is 10.6 Å². The van der Waals surface area contributed by atoms with Crippen molar-refractivity contribution in [2.24, 2.45) is 0 Å². The highest BCUT2D eigenvalue weighted by Gasteiger charge is 2.12. The van der Waals surface area contributed by atoms with Crippen LogP contribution in [0.5, 0.6) is 0 Å². The Labute approximate surface area is 114 Å². The zero-order chi connectivity index (χ0) is 12.6. The third-order valence-electron chi connectivity index (χ3n) is 2.76. The average molecular weight is 314 g/mol. The molecular weight excluding hydrogens is 303 g/mol. The Kier molecular flexibility index (Phi) is 3.55. The summed E-state index contributed by atoms with van der Waals surface area (Å²) in [5.74, 6) is -0.254. The van der Waals surface area contributed by atoms with Gasteiger partial charge in [-0.3, -0.25) is 0 Å². The molecule has 3 heteroatoms. The summed E-state index contributed by atoms with van der Waals surface area (Å²) < 4.78 is 13.9. The van der Waals surface area contributed by atoms with Crippen molar-refractivity contribution in [3.8, 4) is 11.1 Å². The molecule has 0 bridgehead atoms. The Bertz CT molecular complexity index is 558. The summed E-state index contributed by atoms with van der Waals surface area (Å²) in [7, 11) is 0. The third-order valence-corrected chi connectivity index (χ3v) is 3.68. The summed E-state index contributed by atoms with van der Waals surface area (Å²) in [6, 6.07) is 9.05. The zero-order valence-electron chi connectivity index (χ0n) is 9.52. The van der Waals surface area contributed by atoms with E-state index in [1.165, 1.54) is 6.07 Å². The zero-order valence-corrected chi connectivity index (χ0v) is 11.9. The van der Waals surface area contributed by atoms with Gasteiger partial charge in [-0.15, -0.1) is 0 Å². The fourth-order valence-corrected chi connectivity index (χ4v) is 2.56. The molecule has 0 N–H and O–H groups in total. The average Bonchev–Trinajstić information content (AvgIpc) is 2.25. The molecule has 0 aromatic heterocycles. The predicted molar refractivity (Wildman–Crippen MR) is 74.0 cm³/mol. The van der Waals surface area contributed by atoms with Crippen LogP contribution < -0.4 is 0 Å². The van der Waals surface area contributed by atoms with E-state index in [0.29, 0.717) is 9.50 Å². The van der Waals surface area contributed by atoms with Gasteiger partial charge in [-0.2, -0.15) is 0 Å². The standard InChI is InChI=1S/C14H11BrClF/c1-8-4-3-5-12(16)14(8)10-7-11(15)13(17)6-9(10)2/h3-7H,1-2H3. The molecule has 0 fully saturated rings. The smallest absolute Gasteiger partial charge is 0.137 e. The lowest BCUT2D eigenvalue weighted by Gasteiger charge is -2.12. The largest absolute Gasteiger partial charge is 0.206 e. The first kappa shape index (κ1) is 12.6. The quantitative estimate of drug-likeness (QED) is 0.650. The molecule has 2 aromatic carbocycles. The van der Waals surface area contributed by atoms with Crippen LogP contribution in [0.3, 0.4) is 0 Å². The van der Waals surface area contributed by atoms with E-state index in [2.05, 4.69) is 15.9 Å². The number of hydrogen-bond acceptors (Lipinski definition) is 0. The van der Waals surface area contributed by atoms with Gasteiger partial charge >= 0.3 is 0 Å². The van der Waals surface area contributed by atoms with Crippen LogP contribution in [0.15, 0.2) is 34.8 Å². The van der Waals surface area contributed by atoms with Gasteiger partial charge in [0.05, 0.1) is 4.47 Å². The van der Waals surface area contributed by atoms with Gasteiger partial charge in [-0.25, -0.2) is 4.39 Å². The van der Waals surface area contributed by atoms with Gasteiger partial charge in [-0.1, -0.05) is 23.7 Å². The highest BCUT2D eigenvalue weighted by atomic mass is 79.9. The van der Waals surface area contributed by atoms with E-state index >= 15 is 0 Å².